The van der Waals surface area contributed by atoms with Gasteiger partial charge in [-0.3, -0.25) is 4.79 Å². The molecule has 1 aliphatic heterocycles. The van der Waals surface area contributed by atoms with Crippen LogP contribution in [0.4, 0.5) is 0 Å². The predicted octanol–water partition coefficient (Wildman–Crippen LogP) is 5.57. The molecule has 2 nitrogen and oxygen atoms in total. The van der Waals surface area contributed by atoms with Crippen molar-refractivity contribution in [3.8, 4) is 0 Å². The zero-order valence-electron chi connectivity index (χ0n) is 14.7. The number of halogens is 1. The van der Waals surface area contributed by atoms with E-state index in [-0.39, 0.29) is 5.78 Å². The maximum absolute atomic E-state index is 12.2. The SMILES string of the molecule is O=C(CCCCN1CCC(c2ccccc2)CC1)c1cccc(Cl)c1. The van der Waals surface area contributed by atoms with E-state index >= 15 is 0 Å². The Hall–Kier alpha value is -1.64. The van der Waals surface area contributed by atoms with Crippen LogP contribution in [0, 0.1) is 0 Å². The van der Waals surface area contributed by atoms with Gasteiger partial charge in [-0.15, -0.1) is 0 Å². The van der Waals surface area contributed by atoms with Gasteiger partial charge in [-0.2, -0.15) is 0 Å². The molecule has 3 heteroatoms. The van der Waals surface area contributed by atoms with Crippen LogP contribution in [0.25, 0.3) is 0 Å². The van der Waals surface area contributed by atoms with E-state index in [0.717, 1.165) is 24.9 Å². The molecule has 0 amide bonds. The summed E-state index contributed by atoms with van der Waals surface area (Å²) < 4.78 is 0. The summed E-state index contributed by atoms with van der Waals surface area (Å²) in [6, 6.07) is 18.1. The molecule has 3 rings (SSSR count). The first-order valence-electron chi connectivity index (χ1n) is 9.28. The molecule has 2 aromatic carbocycles. The van der Waals surface area contributed by atoms with Crippen LogP contribution in [0.1, 0.15) is 53.9 Å². The number of nitrogens with zero attached hydrogens (tertiary/aromatic N) is 1. The maximum Gasteiger partial charge on any atom is 0.162 e. The zero-order valence-corrected chi connectivity index (χ0v) is 15.4. The van der Waals surface area contributed by atoms with E-state index in [9.17, 15) is 4.79 Å². The summed E-state index contributed by atoms with van der Waals surface area (Å²) in [7, 11) is 0. The fraction of sp³-hybridized carbons (Fsp3) is 0.409. The minimum atomic E-state index is 0.199. The third-order valence-electron chi connectivity index (χ3n) is 5.13. The topological polar surface area (TPSA) is 20.3 Å². The lowest BCUT2D eigenvalue weighted by Gasteiger charge is -2.32. The molecule has 1 saturated heterocycles. The second-order valence-electron chi connectivity index (χ2n) is 6.92. The first-order chi connectivity index (χ1) is 12.2. The highest BCUT2D eigenvalue weighted by Gasteiger charge is 2.19. The van der Waals surface area contributed by atoms with E-state index in [1.54, 1.807) is 12.1 Å². The lowest BCUT2D eigenvalue weighted by Crippen LogP contribution is -2.33. The fourth-order valence-corrected chi connectivity index (χ4v) is 3.83. The van der Waals surface area contributed by atoms with Crippen LogP contribution < -0.4 is 0 Å². The molecular weight excluding hydrogens is 330 g/mol. The van der Waals surface area contributed by atoms with E-state index in [0.29, 0.717) is 17.4 Å². The average molecular weight is 356 g/mol. The predicted molar refractivity (Wildman–Crippen MR) is 104 cm³/mol. The van der Waals surface area contributed by atoms with Gasteiger partial charge in [0.15, 0.2) is 5.78 Å². The van der Waals surface area contributed by atoms with Crippen molar-refractivity contribution in [2.45, 2.75) is 38.0 Å². The number of unbranched alkanes of at least 4 members (excludes halogenated alkanes) is 1. The minimum absolute atomic E-state index is 0.199. The van der Waals surface area contributed by atoms with Gasteiger partial charge in [0.05, 0.1) is 0 Å². The van der Waals surface area contributed by atoms with E-state index < -0.39 is 0 Å². The smallest absolute Gasteiger partial charge is 0.162 e. The van der Waals surface area contributed by atoms with Gasteiger partial charge in [0.2, 0.25) is 0 Å². The van der Waals surface area contributed by atoms with Crippen LogP contribution >= 0.6 is 11.6 Å². The number of ketones is 1. The number of hydrogen-bond acceptors (Lipinski definition) is 2. The molecule has 2 aromatic rings. The van der Waals surface area contributed by atoms with Crippen molar-refractivity contribution < 1.29 is 4.79 Å². The molecule has 1 heterocycles. The van der Waals surface area contributed by atoms with E-state index in [1.807, 2.05) is 12.1 Å². The summed E-state index contributed by atoms with van der Waals surface area (Å²) in [6.07, 6.45) is 5.13. The molecule has 0 saturated carbocycles. The monoisotopic (exact) mass is 355 g/mol. The first-order valence-corrected chi connectivity index (χ1v) is 9.66. The quantitative estimate of drug-likeness (QED) is 0.477. The molecule has 0 bridgehead atoms. The molecule has 1 fully saturated rings. The van der Waals surface area contributed by atoms with E-state index in [2.05, 4.69) is 35.2 Å². The van der Waals surface area contributed by atoms with Crippen LogP contribution in [0.5, 0.6) is 0 Å². The van der Waals surface area contributed by atoms with Gasteiger partial charge in [-0.1, -0.05) is 54.1 Å². The minimum Gasteiger partial charge on any atom is -0.303 e. The van der Waals surface area contributed by atoms with Crippen LogP contribution in [-0.2, 0) is 0 Å². The lowest BCUT2D eigenvalue weighted by atomic mass is 9.89. The highest BCUT2D eigenvalue weighted by molar-refractivity contribution is 6.31. The number of rotatable bonds is 7. The average Bonchev–Trinajstić information content (AvgIpc) is 2.66. The fourth-order valence-electron chi connectivity index (χ4n) is 3.64. The third kappa shape index (κ3) is 5.42. The van der Waals surface area contributed by atoms with Crippen molar-refractivity contribution in [3.63, 3.8) is 0 Å². The highest BCUT2D eigenvalue weighted by Crippen LogP contribution is 2.27. The van der Waals surface area contributed by atoms with Crippen LogP contribution in [0.2, 0.25) is 5.02 Å². The number of benzene rings is 2. The number of hydrogen-bond donors (Lipinski definition) is 0. The maximum atomic E-state index is 12.2. The van der Waals surface area contributed by atoms with Crippen molar-refractivity contribution in [1.82, 2.24) is 4.90 Å². The summed E-state index contributed by atoms with van der Waals surface area (Å²) in [5, 5.41) is 0.632. The van der Waals surface area contributed by atoms with Crippen LogP contribution in [-0.4, -0.2) is 30.3 Å². The van der Waals surface area contributed by atoms with E-state index in [4.69, 9.17) is 11.6 Å². The van der Waals surface area contributed by atoms with Crippen molar-refractivity contribution in [2.75, 3.05) is 19.6 Å². The number of likely N-dealkylation sites (tertiary alicyclic amines) is 1. The Morgan fingerprint density at radius 1 is 1.00 bits per heavy atom. The van der Waals surface area contributed by atoms with Crippen molar-refractivity contribution in [1.29, 1.82) is 0 Å². The summed E-state index contributed by atoms with van der Waals surface area (Å²) in [6.45, 7) is 3.44. The number of piperidine rings is 1. The van der Waals surface area contributed by atoms with Gasteiger partial charge in [0, 0.05) is 17.0 Å². The van der Waals surface area contributed by atoms with E-state index in [1.165, 1.54) is 31.5 Å². The summed E-state index contributed by atoms with van der Waals surface area (Å²) >= 11 is 5.95. The summed E-state index contributed by atoms with van der Waals surface area (Å²) in [5.74, 6) is 0.909. The second kappa shape index (κ2) is 9.17. The molecular formula is C22H26ClNO. The zero-order chi connectivity index (χ0) is 17.5. The summed E-state index contributed by atoms with van der Waals surface area (Å²) in [4.78, 5) is 14.7. The normalized spacial score (nSPS) is 16.0. The molecule has 1 aliphatic rings. The van der Waals surface area contributed by atoms with Gasteiger partial charge in [0.25, 0.3) is 0 Å². The molecule has 0 spiro atoms. The lowest BCUT2D eigenvalue weighted by molar-refractivity contribution is 0.0977. The molecule has 0 aliphatic carbocycles. The Morgan fingerprint density at radius 3 is 2.48 bits per heavy atom. The molecule has 0 unspecified atom stereocenters. The van der Waals surface area contributed by atoms with Gasteiger partial charge in [0.1, 0.15) is 0 Å². The number of carbonyl (C=O) groups is 1. The van der Waals surface area contributed by atoms with Crippen molar-refractivity contribution in [3.05, 3.63) is 70.7 Å². The van der Waals surface area contributed by atoms with Gasteiger partial charge in [-0.25, -0.2) is 0 Å². The molecule has 0 atom stereocenters. The number of Topliss-reactive ketones (excluding diaryl/α,β-unsaturated/α-hetero) is 1. The van der Waals surface area contributed by atoms with Crippen LogP contribution in [0.3, 0.4) is 0 Å². The largest absolute Gasteiger partial charge is 0.303 e. The van der Waals surface area contributed by atoms with Crippen molar-refractivity contribution >= 4 is 17.4 Å². The Bertz CT molecular complexity index is 677. The first kappa shape index (κ1) is 18.2. The Balaban J connectivity index is 1.34. The van der Waals surface area contributed by atoms with Crippen LogP contribution in [0.15, 0.2) is 54.6 Å². The highest BCUT2D eigenvalue weighted by atomic mass is 35.5. The van der Waals surface area contributed by atoms with Gasteiger partial charge >= 0.3 is 0 Å². The Morgan fingerprint density at radius 2 is 1.76 bits per heavy atom. The molecule has 0 aromatic heterocycles. The number of carbonyl (C=O) groups excluding carboxylic acids is 1. The molecule has 0 radical (unpaired) electrons. The van der Waals surface area contributed by atoms with Gasteiger partial charge < -0.3 is 4.90 Å². The standard InChI is InChI=1S/C22H26ClNO/c23-21-10-6-9-20(17-21)22(25)11-4-5-14-24-15-12-19(13-16-24)18-7-2-1-3-8-18/h1-3,6-10,17,19H,4-5,11-16H2. The Labute approximate surface area is 155 Å². The molecule has 0 N–H and O–H groups in total. The molecule has 25 heavy (non-hydrogen) atoms. The van der Waals surface area contributed by atoms with Crippen molar-refractivity contribution in [2.24, 2.45) is 0 Å². The van der Waals surface area contributed by atoms with Gasteiger partial charge in [-0.05, 0) is 68.9 Å². The third-order valence-corrected chi connectivity index (χ3v) is 5.37. The summed E-state index contributed by atoms with van der Waals surface area (Å²) in [5.41, 5.74) is 2.21. The Kier molecular flexibility index (Phi) is 6.66. The second-order valence-corrected chi connectivity index (χ2v) is 7.35. The molecule has 132 valence electrons.